The second-order valence-electron chi connectivity index (χ2n) is 9.60. The Hall–Kier alpha value is -3.35. The predicted molar refractivity (Wildman–Crippen MR) is 130 cm³/mol. The van der Waals surface area contributed by atoms with Gasteiger partial charge in [-0.25, -0.2) is 0 Å². The fourth-order valence-electron chi connectivity index (χ4n) is 5.71. The number of amides is 3. The normalized spacial score (nSPS) is 24.4. The lowest BCUT2D eigenvalue weighted by atomic mass is 9.84. The van der Waals surface area contributed by atoms with Crippen LogP contribution in [0, 0.1) is 5.92 Å². The molecule has 2 saturated heterocycles. The first-order chi connectivity index (χ1) is 16.6. The summed E-state index contributed by atoms with van der Waals surface area (Å²) in [5, 5.41) is 5.92. The maximum Gasteiger partial charge on any atom is 0.254 e. The minimum absolute atomic E-state index is 0.0364. The zero-order valence-corrected chi connectivity index (χ0v) is 19.4. The van der Waals surface area contributed by atoms with E-state index in [0.29, 0.717) is 31.1 Å². The number of piperazine rings is 1. The highest BCUT2D eigenvalue weighted by Crippen LogP contribution is 2.40. The zero-order chi connectivity index (χ0) is 23.5. The van der Waals surface area contributed by atoms with E-state index in [9.17, 15) is 14.4 Å². The Morgan fingerprint density at radius 1 is 1.00 bits per heavy atom. The van der Waals surface area contributed by atoms with E-state index in [4.69, 9.17) is 0 Å². The molecule has 0 radical (unpaired) electrons. The van der Waals surface area contributed by atoms with Gasteiger partial charge < -0.3 is 20.4 Å². The number of rotatable bonds is 5. The summed E-state index contributed by atoms with van der Waals surface area (Å²) in [4.78, 5) is 42.3. The number of hydrogen-bond donors (Lipinski definition) is 2. The summed E-state index contributed by atoms with van der Waals surface area (Å²) < 4.78 is 0. The van der Waals surface area contributed by atoms with Gasteiger partial charge >= 0.3 is 0 Å². The van der Waals surface area contributed by atoms with E-state index in [1.54, 1.807) is 0 Å². The molecule has 2 aromatic carbocycles. The number of hydrogen-bond acceptors (Lipinski definition) is 4. The van der Waals surface area contributed by atoms with Gasteiger partial charge in [0.05, 0.1) is 6.54 Å². The maximum absolute atomic E-state index is 13.4. The number of carbonyl (C=O) groups excluding carboxylic acids is 3. The molecule has 3 atom stereocenters. The number of nitrogens with zero attached hydrogens (tertiary/aromatic N) is 2. The summed E-state index contributed by atoms with van der Waals surface area (Å²) in [6, 6.07) is 17.0. The van der Waals surface area contributed by atoms with Crippen molar-refractivity contribution in [1.29, 1.82) is 0 Å². The van der Waals surface area contributed by atoms with Crippen molar-refractivity contribution in [1.82, 2.24) is 15.5 Å². The molecule has 7 nitrogen and oxygen atoms in total. The van der Waals surface area contributed by atoms with E-state index in [1.807, 2.05) is 59.5 Å². The molecule has 0 aromatic heterocycles. The van der Waals surface area contributed by atoms with Crippen LogP contribution in [0.5, 0.6) is 0 Å². The molecule has 1 saturated carbocycles. The van der Waals surface area contributed by atoms with Gasteiger partial charge in [0.2, 0.25) is 11.8 Å². The monoisotopic (exact) mass is 460 g/mol. The average molecular weight is 461 g/mol. The van der Waals surface area contributed by atoms with E-state index in [0.717, 1.165) is 43.5 Å². The van der Waals surface area contributed by atoms with Crippen LogP contribution in [-0.2, 0) is 16.1 Å². The molecule has 3 unspecified atom stereocenters. The van der Waals surface area contributed by atoms with Gasteiger partial charge in [0.1, 0.15) is 6.04 Å². The molecule has 5 rings (SSSR count). The SMILES string of the molecule is O=C1CN(c2ccc(CNC(=O)C3CC4CCCCC4N3C(=O)c3ccccc3)cc2)CCN1. The minimum atomic E-state index is -0.424. The quantitative estimate of drug-likeness (QED) is 0.719. The van der Waals surface area contributed by atoms with Crippen LogP contribution < -0.4 is 15.5 Å². The molecular weight excluding hydrogens is 428 g/mol. The van der Waals surface area contributed by atoms with Crippen molar-refractivity contribution >= 4 is 23.4 Å². The predicted octanol–water partition coefficient (Wildman–Crippen LogP) is 2.71. The van der Waals surface area contributed by atoms with Crippen LogP contribution in [0.2, 0.25) is 0 Å². The Morgan fingerprint density at radius 3 is 2.53 bits per heavy atom. The van der Waals surface area contributed by atoms with Crippen molar-refractivity contribution in [2.75, 3.05) is 24.5 Å². The largest absolute Gasteiger partial charge is 0.360 e. The van der Waals surface area contributed by atoms with Crippen LogP contribution in [0.25, 0.3) is 0 Å². The molecule has 178 valence electrons. The molecule has 34 heavy (non-hydrogen) atoms. The molecule has 2 N–H and O–H groups in total. The second kappa shape index (κ2) is 9.87. The Balaban J connectivity index is 1.25. The molecule has 3 amide bonds. The fraction of sp³-hybridized carbons (Fsp3) is 0.444. The van der Waals surface area contributed by atoms with Gasteiger partial charge in [0.15, 0.2) is 0 Å². The van der Waals surface area contributed by atoms with Crippen LogP contribution in [0.1, 0.15) is 48.0 Å². The van der Waals surface area contributed by atoms with E-state index in [1.165, 1.54) is 6.42 Å². The summed E-state index contributed by atoms with van der Waals surface area (Å²) in [7, 11) is 0. The van der Waals surface area contributed by atoms with Crippen molar-refractivity contribution in [3.8, 4) is 0 Å². The maximum atomic E-state index is 13.4. The van der Waals surface area contributed by atoms with Crippen LogP contribution >= 0.6 is 0 Å². The van der Waals surface area contributed by atoms with E-state index in [2.05, 4.69) is 15.5 Å². The number of likely N-dealkylation sites (tertiary alicyclic amines) is 1. The Kier molecular flexibility index (Phi) is 6.52. The smallest absolute Gasteiger partial charge is 0.254 e. The molecule has 3 aliphatic rings. The summed E-state index contributed by atoms with van der Waals surface area (Å²) in [5.41, 5.74) is 2.65. The van der Waals surface area contributed by atoms with E-state index in [-0.39, 0.29) is 23.8 Å². The highest BCUT2D eigenvalue weighted by Gasteiger charge is 2.47. The van der Waals surface area contributed by atoms with Gasteiger partial charge in [-0.05, 0) is 55.0 Å². The zero-order valence-electron chi connectivity index (χ0n) is 19.4. The van der Waals surface area contributed by atoms with Gasteiger partial charge in [-0.2, -0.15) is 0 Å². The standard InChI is InChI=1S/C27H32N4O3/c32-25-18-30(15-14-28-25)22-12-10-19(11-13-22)17-29-26(33)24-16-21-8-4-5-9-23(21)31(24)27(34)20-6-2-1-3-7-20/h1-3,6-7,10-13,21,23-24H,4-5,8-9,14-18H2,(H,28,32)(H,29,33). The second-order valence-corrected chi connectivity index (χ2v) is 9.60. The molecule has 1 aliphatic carbocycles. The number of nitrogens with one attached hydrogen (secondary N) is 2. The Labute approximate surface area is 200 Å². The summed E-state index contributed by atoms with van der Waals surface area (Å²) in [6.07, 6.45) is 5.09. The van der Waals surface area contributed by atoms with Gasteiger partial charge in [0.25, 0.3) is 5.91 Å². The van der Waals surface area contributed by atoms with Crippen molar-refractivity contribution in [2.24, 2.45) is 5.92 Å². The molecule has 2 aliphatic heterocycles. The van der Waals surface area contributed by atoms with Crippen LogP contribution in [0.4, 0.5) is 5.69 Å². The first-order valence-electron chi connectivity index (χ1n) is 12.4. The summed E-state index contributed by atoms with van der Waals surface area (Å²) >= 11 is 0. The van der Waals surface area contributed by atoms with Crippen molar-refractivity contribution < 1.29 is 14.4 Å². The third-order valence-corrected chi connectivity index (χ3v) is 7.45. The third kappa shape index (κ3) is 4.65. The number of anilines is 1. The topological polar surface area (TPSA) is 81.8 Å². The number of carbonyl (C=O) groups is 3. The van der Waals surface area contributed by atoms with Crippen molar-refractivity contribution in [3.05, 3.63) is 65.7 Å². The molecule has 0 spiro atoms. The number of benzene rings is 2. The average Bonchev–Trinajstić information content (AvgIpc) is 3.27. The molecular formula is C27H32N4O3. The van der Waals surface area contributed by atoms with Crippen LogP contribution in [0.15, 0.2) is 54.6 Å². The molecule has 3 fully saturated rings. The minimum Gasteiger partial charge on any atom is -0.360 e. The third-order valence-electron chi connectivity index (χ3n) is 7.45. The lowest BCUT2D eigenvalue weighted by molar-refractivity contribution is -0.125. The lowest BCUT2D eigenvalue weighted by Crippen LogP contribution is -2.49. The van der Waals surface area contributed by atoms with Crippen LogP contribution in [-0.4, -0.2) is 54.3 Å². The fourth-order valence-corrected chi connectivity index (χ4v) is 5.71. The first-order valence-corrected chi connectivity index (χ1v) is 12.4. The van der Waals surface area contributed by atoms with E-state index < -0.39 is 6.04 Å². The summed E-state index contributed by atoms with van der Waals surface area (Å²) in [5.74, 6) is 0.327. The molecule has 7 heteroatoms. The first kappa shape index (κ1) is 22.4. The van der Waals surface area contributed by atoms with Gasteiger partial charge in [-0.15, -0.1) is 0 Å². The molecule has 2 heterocycles. The lowest BCUT2D eigenvalue weighted by Gasteiger charge is -2.33. The molecule has 2 aromatic rings. The van der Waals surface area contributed by atoms with Gasteiger partial charge in [-0.3, -0.25) is 14.4 Å². The highest BCUT2D eigenvalue weighted by molar-refractivity contribution is 5.98. The molecule has 0 bridgehead atoms. The van der Waals surface area contributed by atoms with E-state index >= 15 is 0 Å². The summed E-state index contributed by atoms with van der Waals surface area (Å²) in [6.45, 7) is 2.22. The Bertz CT molecular complexity index is 1040. The Morgan fingerprint density at radius 2 is 1.76 bits per heavy atom. The van der Waals surface area contributed by atoms with Gasteiger partial charge in [-0.1, -0.05) is 43.2 Å². The van der Waals surface area contributed by atoms with Gasteiger partial charge in [0, 0.05) is 36.9 Å². The van der Waals surface area contributed by atoms with Crippen molar-refractivity contribution in [2.45, 2.75) is 50.7 Å². The van der Waals surface area contributed by atoms with Crippen LogP contribution in [0.3, 0.4) is 0 Å². The van der Waals surface area contributed by atoms with Crippen molar-refractivity contribution in [3.63, 3.8) is 0 Å². The number of fused-ring (bicyclic) bond motifs is 1. The highest BCUT2D eigenvalue weighted by atomic mass is 16.2.